The SMILES string of the molecule is C[C@H](NC(=O)Nc1cc(C(F)(F)F)cc(C(F)(F)F)c1)c1cc[cH-]c1P(c1ccccc1)c1ccccc1. The van der Waals surface area contributed by atoms with E-state index in [9.17, 15) is 31.1 Å². The summed E-state index contributed by atoms with van der Waals surface area (Å²) in [5, 5.41) is 7.92. The lowest BCUT2D eigenvalue weighted by molar-refractivity contribution is -0.143. The molecule has 0 heterocycles. The van der Waals surface area contributed by atoms with E-state index in [0.29, 0.717) is 12.1 Å². The van der Waals surface area contributed by atoms with Crippen molar-refractivity contribution in [3.05, 3.63) is 114 Å². The number of alkyl halides is 6. The van der Waals surface area contributed by atoms with Gasteiger partial charge in [-0.05, 0) is 42.8 Å². The molecule has 1 atom stereocenters. The molecular formula is C28H22F6N2OP-. The predicted molar refractivity (Wildman–Crippen MR) is 138 cm³/mol. The van der Waals surface area contributed by atoms with E-state index in [1.807, 2.05) is 78.9 Å². The van der Waals surface area contributed by atoms with Crippen LogP contribution in [-0.4, -0.2) is 6.03 Å². The van der Waals surface area contributed by atoms with Crippen LogP contribution in [0, 0.1) is 0 Å². The molecule has 0 aliphatic heterocycles. The third-order valence-corrected chi connectivity index (χ3v) is 8.27. The molecule has 0 saturated carbocycles. The molecule has 0 fully saturated rings. The smallest absolute Gasteiger partial charge is 0.343 e. The summed E-state index contributed by atoms with van der Waals surface area (Å²) in [5.41, 5.74) is -2.84. The number of urea groups is 1. The number of carbonyl (C=O) groups excluding carboxylic acids is 1. The first kappa shape index (κ1) is 27.3. The van der Waals surface area contributed by atoms with Gasteiger partial charge in [0.2, 0.25) is 0 Å². The lowest BCUT2D eigenvalue weighted by Gasteiger charge is -2.28. The third kappa shape index (κ3) is 6.40. The molecule has 4 aromatic carbocycles. The standard InChI is InChI=1S/C28H22F6N2OP/c1-18(35-26(37)36-21-16-19(27(29,30)31)15-20(17-21)28(32,33)34)24-13-8-14-25(24)38(22-9-4-2-5-10-22)23-11-6-3-7-12-23/h2-18H,1H3,(H2,35,36,37)/q-1/t18-/m0/s1. The zero-order valence-electron chi connectivity index (χ0n) is 19.9. The molecule has 2 amide bonds. The van der Waals surface area contributed by atoms with E-state index < -0.39 is 49.2 Å². The number of carbonyl (C=O) groups is 1. The van der Waals surface area contributed by atoms with E-state index in [2.05, 4.69) is 10.6 Å². The Labute approximate surface area is 216 Å². The molecule has 0 saturated heterocycles. The number of anilines is 1. The summed E-state index contributed by atoms with van der Waals surface area (Å²) in [6.45, 7) is 1.70. The molecule has 2 N–H and O–H groups in total. The first-order valence-corrected chi connectivity index (χ1v) is 12.8. The number of rotatable bonds is 6. The Bertz CT molecular complexity index is 1310. The molecule has 4 rings (SSSR count). The molecule has 0 spiro atoms. The highest BCUT2D eigenvalue weighted by Crippen LogP contribution is 2.38. The minimum atomic E-state index is -5.02. The van der Waals surface area contributed by atoms with E-state index in [1.165, 1.54) is 0 Å². The highest BCUT2D eigenvalue weighted by Gasteiger charge is 2.37. The summed E-state index contributed by atoms with van der Waals surface area (Å²) >= 11 is 0. The Morgan fingerprint density at radius 1 is 0.789 bits per heavy atom. The van der Waals surface area contributed by atoms with Crippen molar-refractivity contribution in [1.82, 2.24) is 5.32 Å². The highest BCUT2D eigenvalue weighted by molar-refractivity contribution is 7.79. The summed E-state index contributed by atoms with van der Waals surface area (Å²) in [7, 11) is -0.992. The summed E-state index contributed by atoms with van der Waals surface area (Å²) < 4.78 is 79.1. The lowest BCUT2D eigenvalue weighted by atomic mass is 10.1. The van der Waals surface area contributed by atoms with Crippen molar-refractivity contribution < 1.29 is 31.1 Å². The molecule has 0 unspecified atom stereocenters. The largest absolute Gasteiger partial charge is 0.416 e. The van der Waals surface area contributed by atoms with Gasteiger partial charge in [0.25, 0.3) is 0 Å². The first-order chi connectivity index (χ1) is 17.9. The van der Waals surface area contributed by atoms with E-state index >= 15 is 0 Å². The van der Waals surface area contributed by atoms with Crippen LogP contribution in [-0.2, 0) is 12.4 Å². The fourth-order valence-corrected chi connectivity index (χ4v) is 6.60. The van der Waals surface area contributed by atoms with Crippen LogP contribution in [0.1, 0.15) is 29.7 Å². The van der Waals surface area contributed by atoms with Crippen LogP contribution in [0.4, 0.5) is 36.8 Å². The number of nitrogens with one attached hydrogen (secondary N) is 2. The first-order valence-electron chi connectivity index (χ1n) is 11.5. The van der Waals surface area contributed by atoms with Gasteiger partial charge in [0, 0.05) is 5.69 Å². The second-order valence-electron chi connectivity index (χ2n) is 8.49. The molecule has 0 aliphatic rings. The topological polar surface area (TPSA) is 41.1 Å². The number of hydrogen-bond donors (Lipinski definition) is 2. The van der Waals surface area contributed by atoms with Crippen LogP contribution >= 0.6 is 7.92 Å². The molecule has 0 aliphatic carbocycles. The van der Waals surface area contributed by atoms with Crippen molar-refractivity contribution in [2.24, 2.45) is 0 Å². The Morgan fingerprint density at radius 3 is 1.76 bits per heavy atom. The Morgan fingerprint density at radius 2 is 1.29 bits per heavy atom. The Kier molecular flexibility index (Phi) is 7.88. The average Bonchev–Trinajstić information content (AvgIpc) is 3.34. The van der Waals surface area contributed by atoms with E-state index in [-0.39, 0.29) is 6.07 Å². The van der Waals surface area contributed by atoms with Crippen molar-refractivity contribution in [3.63, 3.8) is 0 Å². The van der Waals surface area contributed by atoms with Gasteiger partial charge in [-0.15, -0.1) is 5.30 Å². The van der Waals surface area contributed by atoms with Crippen molar-refractivity contribution in [1.29, 1.82) is 0 Å². The van der Waals surface area contributed by atoms with Gasteiger partial charge in [0.05, 0.1) is 11.1 Å². The summed E-state index contributed by atoms with van der Waals surface area (Å²) in [4.78, 5) is 12.7. The summed E-state index contributed by atoms with van der Waals surface area (Å²) in [6.07, 6.45) is -10.0. The molecule has 0 bridgehead atoms. The molecule has 0 aromatic heterocycles. The lowest BCUT2D eigenvalue weighted by Crippen LogP contribution is -2.33. The zero-order valence-corrected chi connectivity index (χ0v) is 20.8. The zero-order chi connectivity index (χ0) is 27.5. The van der Waals surface area contributed by atoms with E-state index in [0.717, 1.165) is 21.5 Å². The second-order valence-corrected chi connectivity index (χ2v) is 10.7. The molecule has 38 heavy (non-hydrogen) atoms. The minimum absolute atomic E-state index is 0.0113. The maximum atomic E-state index is 13.2. The number of benzene rings is 3. The quantitative estimate of drug-likeness (QED) is 0.151. The molecule has 10 heteroatoms. The maximum absolute atomic E-state index is 13.2. The van der Waals surface area contributed by atoms with Crippen molar-refractivity contribution in [3.8, 4) is 0 Å². The Balaban J connectivity index is 1.59. The summed E-state index contributed by atoms with van der Waals surface area (Å²) in [5.74, 6) is 0. The van der Waals surface area contributed by atoms with Gasteiger partial charge >= 0.3 is 18.4 Å². The second kappa shape index (κ2) is 11.0. The van der Waals surface area contributed by atoms with Crippen LogP contribution in [0.2, 0.25) is 0 Å². The Hall–Kier alpha value is -3.71. The van der Waals surface area contributed by atoms with Crippen LogP contribution in [0.3, 0.4) is 0 Å². The molecule has 0 radical (unpaired) electrons. The summed E-state index contributed by atoms with van der Waals surface area (Å²) in [6, 6.07) is 24.8. The highest BCUT2D eigenvalue weighted by atomic mass is 31.1. The third-order valence-electron chi connectivity index (χ3n) is 5.75. The van der Waals surface area contributed by atoms with Gasteiger partial charge in [-0.3, -0.25) is 0 Å². The van der Waals surface area contributed by atoms with Crippen LogP contribution in [0.5, 0.6) is 0 Å². The number of hydrogen-bond acceptors (Lipinski definition) is 1. The molecular weight excluding hydrogens is 525 g/mol. The van der Waals surface area contributed by atoms with E-state index in [4.69, 9.17) is 0 Å². The fraction of sp³-hybridized carbons (Fsp3) is 0.143. The van der Waals surface area contributed by atoms with Crippen molar-refractivity contribution >= 4 is 35.6 Å². The van der Waals surface area contributed by atoms with Gasteiger partial charge in [-0.25, -0.2) is 10.9 Å². The average molecular weight is 547 g/mol. The van der Waals surface area contributed by atoms with Gasteiger partial charge in [0.15, 0.2) is 0 Å². The van der Waals surface area contributed by atoms with Gasteiger partial charge in [-0.1, -0.05) is 67.6 Å². The van der Waals surface area contributed by atoms with Gasteiger partial charge in [-0.2, -0.15) is 44.0 Å². The number of amides is 2. The molecule has 4 aromatic rings. The fourth-order valence-electron chi connectivity index (χ4n) is 4.04. The van der Waals surface area contributed by atoms with Gasteiger partial charge in [0.1, 0.15) is 0 Å². The molecule has 3 nitrogen and oxygen atoms in total. The monoisotopic (exact) mass is 547 g/mol. The minimum Gasteiger partial charge on any atom is -0.343 e. The van der Waals surface area contributed by atoms with Crippen LogP contribution < -0.4 is 26.5 Å². The van der Waals surface area contributed by atoms with Crippen LogP contribution in [0.15, 0.2) is 97.1 Å². The predicted octanol–water partition coefficient (Wildman–Crippen LogP) is 7.08. The van der Waals surface area contributed by atoms with Crippen LogP contribution in [0.25, 0.3) is 0 Å². The molecule has 198 valence electrons. The normalized spacial score (nSPS) is 12.8. The van der Waals surface area contributed by atoms with E-state index in [1.54, 1.807) is 6.92 Å². The van der Waals surface area contributed by atoms with Crippen molar-refractivity contribution in [2.45, 2.75) is 25.3 Å². The van der Waals surface area contributed by atoms with Gasteiger partial charge < -0.3 is 10.6 Å². The van der Waals surface area contributed by atoms with Crippen molar-refractivity contribution in [2.75, 3.05) is 5.32 Å². The maximum Gasteiger partial charge on any atom is 0.416 e. The number of halogens is 6.